The number of carbonyl (C=O) groups excluding carboxylic acids is 2. The molecule has 0 fully saturated rings. The number of anilines is 1. The Morgan fingerprint density at radius 2 is 2.00 bits per heavy atom. The van der Waals surface area contributed by atoms with Gasteiger partial charge in [0.1, 0.15) is 12.0 Å². The Labute approximate surface area is 158 Å². The number of benzene rings is 2. The molecule has 11 heteroatoms. The van der Waals surface area contributed by atoms with Crippen LogP contribution in [-0.2, 0) is 9.53 Å². The van der Waals surface area contributed by atoms with Gasteiger partial charge in [0.25, 0.3) is 11.6 Å². The average Bonchev–Trinajstić information content (AvgIpc) is 3.23. The molecule has 0 unspecified atom stereocenters. The van der Waals surface area contributed by atoms with Crippen molar-refractivity contribution in [3.8, 4) is 5.69 Å². The predicted molar refractivity (Wildman–Crippen MR) is 95.8 cm³/mol. The monoisotopic (exact) mass is 382 g/mol. The smallest absolute Gasteiger partial charge is 0.338 e. The van der Waals surface area contributed by atoms with Crippen molar-refractivity contribution in [2.45, 2.75) is 13.0 Å². The highest BCUT2D eigenvalue weighted by Gasteiger charge is 2.22. The molecule has 1 N–H and O–H groups in total. The van der Waals surface area contributed by atoms with E-state index in [-0.39, 0.29) is 16.9 Å². The third-order valence-electron chi connectivity index (χ3n) is 3.71. The third kappa shape index (κ3) is 4.15. The van der Waals surface area contributed by atoms with Gasteiger partial charge in [-0.2, -0.15) is 0 Å². The number of nitrogens with zero attached hydrogens (tertiary/aromatic N) is 5. The number of para-hydroxylation sites is 2. The summed E-state index contributed by atoms with van der Waals surface area (Å²) in [4.78, 5) is 35.0. The number of hydrogen-bond donors (Lipinski definition) is 1. The van der Waals surface area contributed by atoms with Crippen LogP contribution in [-0.4, -0.2) is 43.1 Å². The minimum Gasteiger partial charge on any atom is -0.449 e. The summed E-state index contributed by atoms with van der Waals surface area (Å²) in [5, 5.41) is 24.2. The summed E-state index contributed by atoms with van der Waals surface area (Å²) < 4.78 is 6.52. The third-order valence-corrected chi connectivity index (χ3v) is 3.71. The maximum Gasteiger partial charge on any atom is 0.338 e. The van der Waals surface area contributed by atoms with Crippen LogP contribution in [0.15, 0.2) is 54.9 Å². The molecule has 1 amide bonds. The van der Waals surface area contributed by atoms with Gasteiger partial charge in [-0.3, -0.25) is 14.9 Å². The Morgan fingerprint density at radius 3 is 2.71 bits per heavy atom. The van der Waals surface area contributed by atoms with Gasteiger partial charge in [0.05, 0.1) is 16.2 Å². The van der Waals surface area contributed by atoms with Gasteiger partial charge in [0.2, 0.25) is 0 Å². The van der Waals surface area contributed by atoms with Gasteiger partial charge in [0, 0.05) is 6.07 Å². The zero-order chi connectivity index (χ0) is 20.1. The van der Waals surface area contributed by atoms with Crippen LogP contribution in [0.2, 0.25) is 0 Å². The number of carbonyl (C=O) groups is 2. The summed E-state index contributed by atoms with van der Waals surface area (Å²) in [5.41, 5.74) is 0.486. The van der Waals surface area contributed by atoms with Crippen LogP contribution in [0.25, 0.3) is 5.69 Å². The minimum atomic E-state index is -1.18. The van der Waals surface area contributed by atoms with Gasteiger partial charge in [-0.1, -0.05) is 18.2 Å². The molecule has 0 aliphatic rings. The Bertz CT molecular complexity index is 1020. The fraction of sp³-hybridized carbons (Fsp3) is 0.118. The van der Waals surface area contributed by atoms with Crippen molar-refractivity contribution < 1.29 is 19.2 Å². The van der Waals surface area contributed by atoms with Gasteiger partial charge in [-0.05, 0) is 41.6 Å². The lowest BCUT2D eigenvalue weighted by atomic mass is 10.2. The SMILES string of the molecule is C[C@H](OC(=O)c1cccc(-n2cnnn2)c1)C(=O)Nc1ccccc1[N+](=O)[O-]. The largest absolute Gasteiger partial charge is 0.449 e. The van der Waals surface area contributed by atoms with Gasteiger partial charge in [-0.15, -0.1) is 5.10 Å². The van der Waals surface area contributed by atoms with Crippen LogP contribution < -0.4 is 5.32 Å². The number of aromatic nitrogens is 4. The second kappa shape index (κ2) is 8.03. The molecule has 2 aromatic carbocycles. The molecule has 1 heterocycles. The number of esters is 1. The van der Waals surface area contributed by atoms with Crippen molar-refractivity contribution in [2.75, 3.05) is 5.32 Å². The first-order valence-electron chi connectivity index (χ1n) is 8.04. The lowest BCUT2D eigenvalue weighted by Crippen LogP contribution is -2.30. The van der Waals surface area contributed by atoms with E-state index in [2.05, 4.69) is 20.8 Å². The van der Waals surface area contributed by atoms with E-state index in [9.17, 15) is 19.7 Å². The second-order valence-electron chi connectivity index (χ2n) is 5.62. The molecule has 0 radical (unpaired) electrons. The quantitative estimate of drug-likeness (QED) is 0.386. The summed E-state index contributed by atoms with van der Waals surface area (Å²) in [6.45, 7) is 1.37. The van der Waals surface area contributed by atoms with E-state index in [0.29, 0.717) is 5.69 Å². The molecule has 11 nitrogen and oxygen atoms in total. The van der Waals surface area contributed by atoms with E-state index in [1.807, 2.05) is 0 Å². The molecule has 3 rings (SSSR count). The standard InChI is InChI=1S/C17H14N6O5/c1-11(16(24)19-14-7-2-3-8-15(14)23(26)27)28-17(25)12-5-4-6-13(9-12)22-10-18-20-21-22/h2-11H,1H3,(H,19,24)/t11-/m0/s1. The first-order valence-corrected chi connectivity index (χ1v) is 8.04. The van der Waals surface area contributed by atoms with Crippen molar-refractivity contribution in [2.24, 2.45) is 0 Å². The van der Waals surface area contributed by atoms with Crippen LogP contribution >= 0.6 is 0 Å². The highest BCUT2D eigenvalue weighted by atomic mass is 16.6. The molecular formula is C17H14N6O5. The molecule has 1 atom stereocenters. The number of nitrogens with one attached hydrogen (secondary N) is 1. The molecule has 0 aliphatic carbocycles. The maximum absolute atomic E-state index is 12.3. The Kier molecular flexibility index (Phi) is 5.35. The molecule has 0 spiro atoms. The first kappa shape index (κ1) is 18.6. The predicted octanol–water partition coefficient (Wildman–Crippen LogP) is 1.75. The Hall–Kier alpha value is -4.15. The van der Waals surface area contributed by atoms with Gasteiger partial charge < -0.3 is 10.1 Å². The number of nitro benzene ring substituents is 1. The van der Waals surface area contributed by atoms with E-state index < -0.39 is 22.9 Å². The number of tetrazole rings is 1. The Morgan fingerprint density at radius 1 is 1.21 bits per heavy atom. The van der Waals surface area contributed by atoms with Crippen molar-refractivity contribution in [3.05, 3.63) is 70.5 Å². The number of nitro groups is 1. The highest BCUT2D eigenvalue weighted by molar-refractivity contribution is 5.98. The topological polar surface area (TPSA) is 142 Å². The number of ether oxygens (including phenoxy) is 1. The summed E-state index contributed by atoms with van der Waals surface area (Å²) in [6.07, 6.45) is 0.191. The molecule has 0 saturated heterocycles. The molecule has 142 valence electrons. The van der Waals surface area contributed by atoms with Gasteiger partial charge in [-0.25, -0.2) is 9.48 Å². The number of rotatable bonds is 6. The molecule has 0 bridgehead atoms. The van der Waals surface area contributed by atoms with Crippen LogP contribution in [0.4, 0.5) is 11.4 Å². The second-order valence-corrected chi connectivity index (χ2v) is 5.62. The summed E-state index contributed by atoms with van der Waals surface area (Å²) in [5.74, 6) is -1.43. The summed E-state index contributed by atoms with van der Waals surface area (Å²) >= 11 is 0. The zero-order valence-corrected chi connectivity index (χ0v) is 14.6. The Balaban J connectivity index is 1.68. The van der Waals surface area contributed by atoms with Crippen LogP contribution in [0.5, 0.6) is 0 Å². The van der Waals surface area contributed by atoms with E-state index in [4.69, 9.17) is 4.74 Å². The van der Waals surface area contributed by atoms with Crippen molar-refractivity contribution >= 4 is 23.3 Å². The van der Waals surface area contributed by atoms with Crippen molar-refractivity contribution in [3.63, 3.8) is 0 Å². The normalized spacial score (nSPS) is 11.5. The van der Waals surface area contributed by atoms with E-state index in [1.165, 1.54) is 48.3 Å². The summed E-state index contributed by atoms with van der Waals surface area (Å²) in [6, 6.07) is 12.0. The summed E-state index contributed by atoms with van der Waals surface area (Å²) in [7, 11) is 0. The van der Waals surface area contributed by atoms with Crippen LogP contribution in [0.3, 0.4) is 0 Å². The molecule has 0 aliphatic heterocycles. The fourth-order valence-corrected chi connectivity index (χ4v) is 2.31. The lowest BCUT2D eigenvalue weighted by molar-refractivity contribution is -0.383. The lowest BCUT2D eigenvalue weighted by Gasteiger charge is -2.14. The number of hydrogen-bond acceptors (Lipinski definition) is 8. The molecule has 1 aromatic heterocycles. The molecular weight excluding hydrogens is 368 g/mol. The average molecular weight is 382 g/mol. The first-order chi connectivity index (χ1) is 13.5. The van der Waals surface area contributed by atoms with Gasteiger partial charge >= 0.3 is 5.97 Å². The molecule has 3 aromatic rings. The fourth-order valence-electron chi connectivity index (χ4n) is 2.31. The van der Waals surface area contributed by atoms with Crippen LogP contribution in [0.1, 0.15) is 17.3 Å². The van der Waals surface area contributed by atoms with E-state index in [0.717, 1.165) is 0 Å². The zero-order valence-electron chi connectivity index (χ0n) is 14.6. The molecule has 0 saturated carbocycles. The number of amides is 1. The van der Waals surface area contributed by atoms with Crippen LogP contribution in [0, 0.1) is 10.1 Å². The maximum atomic E-state index is 12.3. The minimum absolute atomic E-state index is 0.0149. The highest BCUT2D eigenvalue weighted by Crippen LogP contribution is 2.23. The molecule has 28 heavy (non-hydrogen) atoms. The van der Waals surface area contributed by atoms with E-state index in [1.54, 1.807) is 18.2 Å². The van der Waals surface area contributed by atoms with Crippen molar-refractivity contribution in [1.82, 2.24) is 20.2 Å². The van der Waals surface area contributed by atoms with E-state index >= 15 is 0 Å². The van der Waals surface area contributed by atoms with Crippen molar-refractivity contribution in [1.29, 1.82) is 0 Å². The van der Waals surface area contributed by atoms with Gasteiger partial charge in [0.15, 0.2) is 6.10 Å².